The van der Waals surface area contributed by atoms with Gasteiger partial charge in [0.1, 0.15) is 0 Å². The van der Waals surface area contributed by atoms with Crippen LogP contribution < -0.4 is 0 Å². The number of hydrogen-bond donors (Lipinski definition) is 0. The van der Waals surface area contributed by atoms with E-state index in [4.69, 9.17) is 0 Å². The summed E-state index contributed by atoms with van der Waals surface area (Å²) in [6.07, 6.45) is 41.3. The molecule has 50 heavy (non-hydrogen) atoms. The Morgan fingerprint density at radius 3 is 1.70 bits per heavy atom. The second-order valence-electron chi connectivity index (χ2n) is 17.0. The van der Waals surface area contributed by atoms with E-state index in [2.05, 4.69) is 167 Å². The Balaban J connectivity index is 0.950. The quantitative estimate of drug-likeness (QED) is 0.312. The van der Waals surface area contributed by atoms with Gasteiger partial charge in [0.05, 0.1) is 0 Å². The Bertz CT molecular complexity index is 2300. The molecule has 8 atom stereocenters. The number of rotatable bonds is 3. The molecule has 8 unspecified atom stereocenters. The number of allylic oxidation sites excluding steroid dienone is 24. The maximum atomic E-state index is 2.55. The molecule has 0 aliphatic heterocycles. The number of hydrogen-bond acceptors (Lipinski definition) is 0. The smallest absolute Gasteiger partial charge is 0.0159 e. The second kappa shape index (κ2) is 10.2. The Hall–Kier alpha value is -4.68. The van der Waals surface area contributed by atoms with Crippen molar-refractivity contribution in [2.75, 3.05) is 0 Å². The third kappa shape index (κ3) is 3.88. The molecule has 0 aromatic heterocycles. The molecule has 0 nitrogen and oxygen atoms in total. The second-order valence-corrected chi connectivity index (χ2v) is 17.0. The van der Waals surface area contributed by atoms with Gasteiger partial charge >= 0.3 is 0 Å². The molecule has 9 aliphatic carbocycles. The maximum Gasteiger partial charge on any atom is 0.0159 e. The van der Waals surface area contributed by atoms with Gasteiger partial charge in [-0.25, -0.2) is 0 Å². The highest BCUT2D eigenvalue weighted by Crippen LogP contribution is 2.57. The maximum absolute atomic E-state index is 2.55. The van der Waals surface area contributed by atoms with Crippen molar-refractivity contribution in [3.8, 4) is 11.1 Å². The highest BCUT2D eigenvalue weighted by Gasteiger charge is 2.46. The Labute approximate surface area is 297 Å². The zero-order chi connectivity index (χ0) is 33.5. The van der Waals surface area contributed by atoms with E-state index in [-0.39, 0.29) is 5.41 Å². The molecule has 11 rings (SSSR count). The highest BCUT2D eigenvalue weighted by atomic mass is 14.5. The van der Waals surface area contributed by atoms with Gasteiger partial charge < -0.3 is 0 Å². The van der Waals surface area contributed by atoms with Crippen molar-refractivity contribution in [1.82, 2.24) is 0 Å². The van der Waals surface area contributed by atoms with E-state index >= 15 is 0 Å². The summed E-state index contributed by atoms with van der Waals surface area (Å²) in [5.41, 5.74) is 18.8. The van der Waals surface area contributed by atoms with Crippen LogP contribution in [0.3, 0.4) is 0 Å². The first-order valence-corrected chi connectivity index (χ1v) is 19.0. The summed E-state index contributed by atoms with van der Waals surface area (Å²) in [6.45, 7) is 9.54. The van der Waals surface area contributed by atoms with Gasteiger partial charge in [-0.2, -0.15) is 0 Å². The minimum absolute atomic E-state index is 0.0767. The van der Waals surface area contributed by atoms with Crippen molar-refractivity contribution in [3.05, 3.63) is 190 Å². The molecule has 0 saturated heterocycles. The minimum atomic E-state index is -0.0767. The predicted molar refractivity (Wildman–Crippen MR) is 209 cm³/mol. The summed E-state index contributed by atoms with van der Waals surface area (Å²) in [5.74, 6) is 4.47. The molecule has 0 heteroatoms. The predicted octanol–water partition coefficient (Wildman–Crippen LogP) is 11.9. The molecule has 0 radical (unpaired) electrons. The Morgan fingerprint density at radius 1 is 0.540 bits per heavy atom. The van der Waals surface area contributed by atoms with Gasteiger partial charge in [-0.05, 0) is 90.4 Å². The van der Waals surface area contributed by atoms with Crippen molar-refractivity contribution in [3.63, 3.8) is 0 Å². The van der Waals surface area contributed by atoms with E-state index in [1.165, 1.54) is 72.4 Å². The van der Waals surface area contributed by atoms with Crippen LogP contribution in [0.4, 0.5) is 0 Å². The topological polar surface area (TPSA) is 0 Å². The lowest BCUT2D eigenvalue weighted by atomic mass is 9.57. The van der Waals surface area contributed by atoms with Gasteiger partial charge in [-0.15, -0.1) is 0 Å². The third-order valence-electron chi connectivity index (χ3n) is 13.9. The van der Waals surface area contributed by atoms with Crippen LogP contribution in [0.1, 0.15) is 49.9 Å². The Kier molecular flexibility index (Phi) is 5.93. The van der Waals surface area contributed by atoms with Crippen molar-refractivity contribution in [1.29, 1.82) is 0 Å². The van der Waals surface area contributed by atoms with E-state index in [9.17, 15) is 0 Å². The van der Waals surface area contributed by atoms with Gasteiger partial charge in [-0.3, -0.25) is 0 Å². The van der Waals surface area contributed by atoms with E-state index in [0.29, 0.717) is 53.3 Å². The third-order valence-corrected chi connectivity index (χ3v) is 13.9. The van der Waals surface area contributed by atoms with Crippen LogP contribution >= 0.6 is 0 Å². The first kappa shape index (κ1) is 29.1. The zero-order valence-electron chi connectivity index (χ0n) is 29.5. The Morgan fingerprint density at radius 2 is 1.08 bits per heavy atom. The lowest BCUT2D eigenvalue weighted by Crippen LogP contribution is -2.37. The summed E-state index contributed by atoms with van der Waals surface area (Å²) in [7, 11) is 0. The van der Waals surface area contributed by atoms with Gasteiger partial charge in [0.25, 0.3) is 0 Å². The number of benzene rings is 2. The van der Waals surface area contributed by atoms with E-state index in [0.717, 1.165) is 0 Å². The summed E-state index contributed by atoms with van der Waals surface area (Å²) < 4.78 is 0. The van der Waals surface area contributed by atoms with Gasteiger partial charge in [-0.1, -0.05) is 155 Å². The molecule has 0 heterocycles. The lowest BCUT2D eigenvalue weighted by molar-refractivity contribution is 0.326. The molecule has 0 spiro atoms. The van der Waals surface area contributed by atoms with Gasteiger partial charge in [0.2, 0.25) is 0 Å². The summed E-state index contributed by atoms with van der Waals surface area (Å²) in [6, 6.07) is 14.8. The normalized spacial score (nSPS) is 33.6. The van der Waals surface area contributed by atoms with Gasteiger partial charge in [0.15, 0.2) is 0 Å². The van der Waals surface area contributed by atoms with Crippen molar-refractivity contribution >= 4 is 11.1 Å². The van der Waals surface area contributed by atoms with Crippen LogP contribution in [0.2, 0.25) is 0 Å². The molecule has 0 fully saturated rings. The van der Waals surface area contributed by atoms with Crippen LogP contribution in [0.25, 0.3) is 22.3 Å². The largest absolute Gasteiger partial charge is 0.0770 e. The van der Waals surface area contributed by atoms with Crippen molar-refractivity contribution in [2.45, 2.75) is 33.1 Å². The first-order chi connectivity index (χ1) is 24.3. The molecule has 244 valence electrons. The summed E-state index contributed by atoms with van der Waals surface area (Å²) in [5, 5.41) is 0. The standard InChI is InChI=1S/C50H44/c1-28(2)37-24-35-11-10-32-13-19-39(43-23-17-36(25-37)47(35)49(32)43)34-16-21-41-40-20-15-33(26-44(40)50(3,4)45(41)27-34)38-18-12-31-9-8-29-6-5-7-30-14-22-42(38)48(31)46(29)30/h5-29,35,42-43,46-49H,1-4H3. The fourth-order valence-electron chi connectivity index (χ4n) is 11.4. The molecule has 0 N–H and O–H groups in total. The minimum Gasteiger partial charge on any atom is -0.0770 e. The van der Waals surface area contributed by atoms with Crippen LogP contribution in [-0.2, 0) is 5.41 Å². The monoisotopic (exact) mass is 644 g/mol. The summed E-state index contributed by atoms with van der Waals surface area (Å²) in [4.78, 5) is 0. The van der Waals surface area contributed by atoms with E-state index in [1.54, 1.807) is 0 Å². The average Bonchev–Trinajstić information content (AvgIpc) is 3.37. The molecular formula is C50H44. The van der Waals surface area contributed by atoms with Crippen LogP contribution in [0, 0.1) is 53.3 Å². The molecule has 0 saturated carbocycles. The van der Waals surface area contributed by atoms with Crippen LogP contribution in [0.15, 0.2) is 168 Å². The van der Waals surface area contributed by atoms with E-state index < -0.39 is 0 Å². The molecule has 0 amide bonds. The lowest BCUT2D eigenvalue weighted by Gasteiger charge is -2.46. The SMILES string of the molecule is CC(C)C1=CC2C=CC3=CC=C(c4ccc5c(c4)C(C)(C)c4cc(C6=CC=C7C=CC8C=CC=C9C=CC6C7C98)ccc4-5)C4C=CC(=C1)C2C34. The van der Waals surface area contributed by atoms with Gasteiger partial charge in [0, 0.05) is 52.8 Å². The molecular weight excluding hydrogens is 601 g/mol. The van der Waals surface area contributed by atoms with Crippen LogP contribution in [-0.4, -0.2) is 0 Å². The van der Waals surface area contributed by atoms with Crippen molar-refractivity contribution in [2.24, 2.45) is 53.3 Å². The molecule has 2 aromatic carbocycles. The van der Waals surface area contributed by atoms with E-state index in [1.807, 2.05) is 0 Å². The first-order valence-electron chi connectivity index (χ1n) is 19.0. The molecule has 0 bridgehead atoms. The molecule has 9 aliphatic rings. The van der Waals surface area contributed by atoms with Crippen molar-refractivity contribution < 1.29 is 0 Å². The van der Waals surface area contributed by atoms with Crippen LogP contribution in [0.5, 0.6) is 0 Å². The highest BCUT2D eigenvalue weighted by molar-refractivity contribution is 5.87. The number of fused-ring (bicyclic) bond motifs is 3. The molecule has 2 aromatic rings. The zero-order valence-corrected chi connectivity index (χ0v) is 29.5. The fourth-order valence-corrected chi connectivity index (χ4v) is 11.4. The fraction of sp³-hybridized carbons (Fsp3) is 0.280. The average molecular weight is 645 g/mol. The summed E-state index contributed by atoms with van der Waals surface area (Å²) >= 11 is 0.